The second-order valence-electron chi connectivity index (χ2n) is 4.43. The van der Waals surface area contributed by atoms with E-state index in [1.54, 1.807) is 0 Å². The molecule has 22 heavy (non-hydrogen) atoms. The lowest BCUT2D eigenvalue weighted by atomic mass is 10.2. The Morgan fingerprint density at radius 2 is 1.68 bits per heavy atom. The largest absolute Gasteiger partial charge is 0.290 e. The molecular formula is C16H13N5S. The highest BCUT2D eigenvalue weighted by Gasteiger charge is 2.14. The standard InChI is InChI=1S/C16H13N5S/c17-11-12-22-16-19-18-15(13-7-3-1-4-8-13)21(16)20-14-9-5-2-6-10-14/h1-10,20H,12H2. The third-order valence-electron chi connectivity index (χ3n) is 2.95. The van der Waals surface area contributed by atoms with Gasteiger partial charge >= 0.3 is 0 Å². The number of aromatic nitrogens is 3. The normalized spacial score (nSPS) is 10.1. The molecule has 2 aromatic carbocycles. The molecule has 0 aliphatic heterocycles. The van der Waals surface area contributed by atoms with Crippen LogP contribution in [-0.4, -0.2) is 20.6 Å². The Morgan fingerprint density at radius 3 is 2.36 bits per heavy atom. The maximum Gasteiger partial charge on any atom is 0.211 e. The number of rotatable bonds is 5. The first-order valence-corrected chi connectivity index (χ1v) is 7.69. The maximum absolute atomic E-state index is 8.78. The monoisotopic (exact) mass is 307 g/mol. The van der Waals surface area contributed by atoms with Gasteiger partial charge in [-0.05, 0) is 12.1 Å². The van der Waals surface area contributed by atoms with Crippen molar-refractivity contribution in [3.8, 4) is 17.5 Å². The van der Waals surface area contributed by atoms with Crippen molar-refractivity contribution in [2.24, 2.45) is 0 Å². The first-order valence-electron chi connectivity index (χ1n) is 6.71. The molecule has 5 nitrogen and oxygen atoms in total. The Hall–Kier alpha value is -2.78. The number of anilines is 1. The Kier molecular flexibility index (Phi) is 4.37. The summed E-state index contributed by atoms with van der Waals surface area (Å²) in [6.07, 6.45) is 0. The minimum absolute atomic E-state index is 0.323. The lowest BCUT2D eigenvalue weighted by molar-refractivity contribution is 0.826. The molecule has 0 aliphatic carbocycles. The van der Waals surface area contributed by atoms with E-state index >= 15 is 0 Å². The van der Waals surface area contributed by atoms with Crippen LogP contribution in [0.2, 0.25) is 0 Å². The van der Waals surface area contributed by atoms with E-state index in [0.29, 0.717) is 16.7 Å². The van der Waals surface area contributed by atoms with Gasteiger partial charge in [0.05, 0.1) is 17.5 Å². The van der Waals surface area contributed by atoms with Crippen LogP contribution >= 0.6 is 11.8 Å². The molecular weight excluding hydrogens is 294 g/mol. The van der Waals surface area contributed by atoms with E-state index in [4.69, 9.17) is 5.26 Å². The Balaban J connectivity index is 2.00. The predicted octanol–water partition coefficient (Wildman–Crippen LogP) is 3.44. The highest BCUT2D eigenvalue weighted by atomic mass is 32.2. The van der Waals surface area contributed by atoms with E-state index in [0.717, 1.165) is 11.3 Å². The molecule has 3 aromatic rings. The van der Waals surface area contributed by atoms with Crippen molar-refractivity contribution in [1.29, 1.82) is 5.26 Å². The van der Waals surface area contributed by atoms with Gasteiger partial charge in [-0.1, -0.05) is 60.3 Å². The molecule has 1 N–H and O–H groups in total. The zero-order valence-corrected chi connectivity index (χ0v) is 12.5. The number of nitrogens with zero attached hydrogens (tertiary/aromatic N) is 4. The summed E-state index contributed by atoms with van der Waals surface area (Å²) in [5, 5.41) is 17.9. The van der Waals surface area contributed by atoms with E-state index < -0.39 is 0 Å². The van der Waals surface area contributed by atoms with Gasteiger partial charge in [-0.25, -0.2) is 4.68 Å². The summed E-state index contributed by atoms with van der Waals surface area (Å²) in [5.74, 6) is 1.04. The van der Waals surface area contributed by atoms with Crippen molar-refractivity contribution in [3.63, 3.8) is 0 Å². The molecule has 0 unspecified atom stereocenters. The van der Waals surface area contributed by atoms with E-state index in [2.05, 4.69) is 21.7 Å². The van der Waals surface area contributed by atoms with E-state index in [-0.39, 0.29) is 0 Å². The zero-order valence-electron chi connectivity index (χ0n) is 11.7. The SMILES string of the molecule is N#CCSc1nnc(-c2ccccc2)n1Nc1ccccc1. The highest BCUT2D eigenvalue weighted by molar-refractivity contribution is 7.99. The van der Waals surface area contributed by atoms with Crippen molar-refractivity contribution < 1.29 is 0 Å². The predicted molar refractivity (Wildman–Crippen MR) is 87.3 cm³/mol. The third-order valence-corrected chi connectivity index (χ3v) is 3.74. The molecule has 108 valence electrons. The van der Waals surface area contributed by atoms with E-state index in [9.17, 15) is 0 Å². The average Bonchev–Trinajstić information content (AvgIpc) is 2.97. The van der Waals surface area contributed by atoms with Crippen LogP contribution in [0.5, 0.6) is 0 Å². The number of nitrogens with one attached hydrogen (secondary N) is 1. The van der Waals surface area contributed by atoms with Gasteiger partial charge in [0.25, 0.3) is 0 Å². The molecule has 0 atom stereocenters. The molecule has 0 bridgehead atoms. The lowest BCUT2D eigenvalue weighted by Gasteiger charge is -2.12. The molecule has 0 radical (unpaired) electrons. The van der Waals surface area contributed by atoms with E-state index in [1.165, 1.54) is 11.8 Å². The van der Waals surface area contributed by atoms with Crippen molar-refractivity contribution in [3.05, 3.63) is 60.7 Å². The molecule has 6 heteroatoms. The van der Waals surface area contributed by atoms with Crippen molar-refractivity contribution in [1.82, 2.24) is 14.9 Å². The average molecular weight is 307 g/mol. The quantitative estimate of drug-likeness (QED) is 0.731. The fourth-order valence-corrected chi connectivity index (χ4v) is 2.53. The number of hydrogen-bond acceptors (Lipinski definition) is 5. The van der Waals surface area contributed by atoms with Crippen molar-refractivity contribution >= 4 is 17.4 Å². The summed E-state index contributed by atoms with van der Waals surface area (Å²) >= 11 is 1.35. The summed E-state index contributed by atoms with van der Waals surface area (Å²) in [4.78, 5) is 0. The van der Waals surface area contributed by atoms with Crippen LogP contribution in [0, 0.1) is 11.3 Å². The molecule has 1 aromatic heterocycles. The van der Waals surface area contributed by atoms with Crippen LogP contribution in [0.25, 0.3) is 11.4 Å². The van der Waals surface area contributed by atoms with Gasteiger partial charge in [0.1, 0.15) is 0 Å². The van der Waals surface area contributed by atoms with Crippen LogP contribution in [0.1, 0.15) is 0 Å². The van der Waals surface area contributed by atoms with Crippen LogP contribution in [-0.2, 0) is 0 Å². The second-order valence-corrected chi connectivity index (χ2v) is 5.37. The molecule has 0 fully saturated rings. The van der Waals surface area contributed by atoms with Crippen LogP contribution in [0.15, 0.2) is 65.8 Å². The summed E-state index contributed by atoms with van der Waals surface area (Å²) in [5.41, 5.74) is 5.18. The summed E-state index contributed by atoms with van der Waals surface area (Å²) in [6.45, 7) is 0. The molecule has 0 spiro atoms. The first kappa shape index (κ1) is 14.2. The molecule has 0 amide bonds. The number of nitriles is 1. The number of hydrogen-bond donors (Lipinski definition) is 1. The zero-order chi connectivity index (χ0) is 15.2. The smallest absolute Gasteiger partial charge is 0.211 e. The minimum Gasteiger partial charge on any atom is -0.290 e. The number of benzene rings is 2. The summed E-state index contributed by atoms with van der Waals surface area (Å²) in [6, 6.07) is 21.7. The Labute approximate surface area is 132 Å². The van der Waals surface area contributed by atoms with Crippen molar-refractivity contribution in [2.75, 3.05) is 11.2 Å². The van der Waals surface area contributed by atoms with Gasteiger partial charge in [-0.3, -0.25) is 5.43 Å². The van der Waals surface area contributed by atoms with Gasteiger partial charge < -0.3 is 0 Å². The highest BCUT2D eigenvalue weighted by Crippen LogP contribution is 2.24. The van der Waals surface area contributed by atoms with Gasteiger partial charge in [-0.2, -0.15) is 5.26 Å². The van der Waals surface area contributed by atoms with Gasteiger partial charge in [-0.15, -0.1) is 10.2 Å². The van der Waals surface area contributed by atoms with Crippen LogP contribution in [0.4, 0.5) is 5.69 Å². The molecule has 0 saturated carbocycles. The van der Waals surface area contributed by atoms with Gasteiger partial charge in [0, 0.05) is 5.56 Å². The fraction of sp³-hybridized carbons (Fsp3) is 0.0625. The molecule has 1 heterocycles. The fourth-order valence-electron chi connectivity index (χ4n) is 1.98. The second kappa shape index (κ2) is 6.78. The maximum atomic E-state index is 8.78. The number of thioether (sulfide) groups is 1. The topological polar surface area (TPSA) is 66.5 Å². The molecule has 0 aliphatic rings. The molecule has 0 saturated heterocycles. The Morgan fingerprint density at radius 1 is 1.00 bits per heavy atom. The Bertz CT molecular complexity index is 777. The lowest BCUT2D eigenvalue weighted by Crippen LogP contribution is -2.12. The first-order chi connectivity index (χ1) is 10.9. The van der Waals surface area contributed by atoms with Crippen LogP contribution in [0.3, 0.4) is 0 Å². The summed E-state index contributed by atoms with van der Waals surface area (Å²) < 4.78 is 1.81. The summed E-state index contributed by atoms with van der Waals surface area (Å²) in [7, 11) is 0. The van der Waals surface area contributed by atoms with Gasteiger partial charge in [0.15, 0.2) is 5.82 Å². The molecule has 3 rings (SSSR count). The number of para-hydroxylation sites is 1. The van der Waals surface area contributed by atoms with Crippen molar-refractivity contribution in [2.45, 2.75) is 5.16 Å². The van der Waals surface area contributed by atoms with Crippen LogP contribution < -0.4 is 5.43 Å². The van der Waals surface area contributed by atoms with E-state index in [1.807, 2.05) is 65.3 Å². The van der Waals surface area contributed by atoms with Gasteiger partial charge in [0.2, 0.25) is 5.16 Å². The third kappa shape index (κ3) is 3.10. The minimum atomic E-state index is 0.323.